The van der Waals surface area contributed by atoms with Crippen LogP contribution in [-0.2, 0) is 4.79 Å². The first kappa shape index (κ1) is 14.0. The molecule has 4 rings (SSSR count). The van der Waals surface area contributed by atoms with Crippen LogP contribution in [0.25, 0.3) is 0 Å². The van der Waals surface area contributed by atoms with Gasteiger partial charge in [-0.3, -0.25) is 4.79 Å². The van der Waals surface area contributed by atoms with E-state index in [-0.39, 0.29) is 11.3 Å². The van der Waals surface area contributed by atoms with Crippen LogP contribution in [0.15, 0.2) is 30.9 Å². The molecular formula is C16H18N6O. The molecule has 0 bridgehead atoms. The highest BCUT2D eigenvalue weighted by atomic mass is 16.2. The van der Waals surface area contributed by atoms with Crippen molar-refractivity contribution in [3.63, 3.8) is 0 Å². The lowest BCUT2D eigenvalue weighted by atomic mass is 9.86. The Bertz CT molecular complexity index is 719. The van der Waals surface area contributed by atoms with Gasteiger partial charge >= 0.3 is 0 Å². The number of anilines is 2. The van der Waals surface area contributed by atoms with Gasteiger partial charge < -0.3 is 9.80 Å². The van der Waals surface area contributed by atoms with Gasteiger partial charge in [0.1, 0.15) is 6.33 Å². The second-order valence-electron chi connectivity index (χ2n) is 6.46. The van der Waals surface area contributed by atoms with Crippen LogP contribution >= 0.6 is 0 Å². The van der Waals surface area contributed by atoms with Crippen molar-refractivity contribution in [2.75, 3.05) is 29.4 Å². The standard InChI is InChI=1S/C16H18N6O/c1-12-2-3-14(20-19-12)21-5-4-16(9-21)6-15(23)22(10-16)13-7-17-11-18-8-13/h2-3,7-8,11H,4-6,9-10H2,1H3/t16-/m1/s1. The van der Waals surface area contributed by atoms with E-state index < -0.39 is 0 Å². The monoisotopic (exact) mass is 310 g/mol. The van der Waals surface area contributed by atoms with E-state index in [1.807, 2.05) is 24.0 Å². The van der Waals surface area contributed by atoms with Gasteiger partial charge in [-0.1, -0.05) is 0 Å². The Hall–Kier alpha value is -2.57. The molecule has 0 N–H and O–H groups in total. The fraction of sp³-hybridized carbons (Fsp3) is 0.438. The normalized spacial score (nSPS) is 24.0. The van der Waals surface area contributed by atoms with Crippen molar-refractivity contribution in [2.24, 2.45) is 5.41 Å². The fourth-order valence-electron chi connectivity index (χ4n) is 3.53. The number of rotatable bonds is 2. The number of amides is 1. The first-order valence-corrected chi connectivity index (χ1v) is 7.76. The van der Waals surface area contributed by atoms with E-state index in [2.05, 4.69) is 25.1 Å². The Balaban J connectivity index is 1.52. The van der Waals surface area contributed by atoms with Crippen LogP contribution in [0, 0.1) is 12.3 Å². The predicted molar refractivity (Wildman–Crippen MR) is 85.0 cm³/mol. The summed E-state index contributed by atoms with van der Waals surface area (Å²) in [7, 11) is 0. The van der Waals surface area contributed by atoms with Gasteiger partial charge in [0.25, 0.3) is 0 Å². The number of aryl methyl sites for hydroxylation is 1. The van der Waals surface area contributed by atoms with Gasteiger partial charge in [0, 0.05) is 31.5 Å². The molecular weight excluding hydrogens is 292 g/mol. The maximum atomic E-state index is 12.4. The summed E-state index contributed by atoms with van der Waals surface area (Å²) in [5, 5.41) is 8.40. The third-order valence-corrected chi connectivity index (χ3v) is 4.73. The van der Waals surface area contributed by atoms with Crippen molar-refractivity contribution in [1.29, 1.82) is 0 Å². The minimum Gasteiger partial charge on any atom is -0.354 e. The minimum atomic E-state index is -0.0144. The van der Waals surface area contributed by atoms with E-state index in [0.29, 0.717) is 6.42 Å². The van der Waals surface area contributed by atoms with E-state index in [1.54, 1.807) is 12.4 Å². The molecule has 2 aliphatic rings. The second-order valence-corrected chi connectivity index (χ2v) is 6.46. The molecule has 7 heteroatoms. The van der Waals surface area contributed by atoms with Crippen LogP contribution in [0.4, 0.5) is 11.5 Å². The summed E-state index contributed by atoms with van der Waals surface area (Å²) < 4.78 is 0. The molecule has 2 aromatic heterocycles. The van der Waals surface area contributed by atoms with Crippen molar-refractivity contribution in [1.82, 2.24) is 20.2 Å². The molecule has 1 atom stereocenters. The average molecular weight is 310 g/mol. The molecule has 23 heavy (non-hydrogen) atoms. The summed E-state index contributed by atoms with van der Waals surface area (Å²) in [6.45, 7) is 4.39. The molecule has 0 radical (unpaired) electrons. The third-order valence-electron chi connectivity index (χ3n) is 4.73. The van der Waals surface area contributed by atoms with Gasteiger partial charge in [0.05, 0.1) is 23.8 Å². The quantitative estimate of drug-likeness (QED) is 0.830. The van der Waals surface area contributed by atoms with Crippen LogP contribution in [0.1, 0.15) is 18.5 Å². The van der Waals surface area contributed by atoms with E-state index in [4.69, 9.17) is 0 Å². The molecule has 1 amide bonds. The lowest BCUT2D eigenvalue weighted by molar-refractivity contribution is -0.117. The van der Waals surface area contributed by atoms with Gasteiger partial charge in [-0.25, -0.2) is 9.97 Å². The Morgan fingerprint density at radius 3 is 2.70 bits per heavy atom. The molecule has 2 fully saturated rings. The Labute approximate surface area is 134 Å². The SMILES string of the molecule is Cc1ccc(N2CC[C@@]3(CC(=O)N(c4cncnc4)C3)C2)nn1. The number of carbonyl (C=O) groups excluding carboxylic acids is 1. The van der Waals surface area contributed by atoms with Crippen LogP contribution in [-0.4, -0.2) is 45.7 Å². The lowest BCUT2D eigenvalue weighted by Gasteiger charge is -2.24. The zero-order valence-electron chi connectivity index (χ0n) is 13.0. The summed E-state index contributed by atoms with van der Waals surface area (Å²) in [5.74, 6) is 1.04. The maximum absolute atomic E-state index is 12.4. The number of hydrogen-bond donors (Lipinski definition) is 0. The molecule has 0 aromatic carbocycles. The summed E-state index contributed by atoms with van der Waals surface area (Å²) in [4.78, 5) is 24.5. The molecule has 4 heterocycles. The largest absolute Gasteiger partial charge is 0.354 e. The van der Waals surface area contributed by atoms with Crippen molar-refractivity contribution < 1.29 is 4.79 Å². The van der Waals surface area contributed by atoms with Crippen molar-refractivity contribution >= 4 is 17.4 Å². The topological polar surface area (TPSA) is 75.1 Å². The van der Waals surface area contributed by atoms with Crippen LogP contribution in [0.5, 0.6) is 0 Å². The van der Waals surface area contributed by atoms with Crippen molar-refractivity contribution in [3.05, 3.63) is 36.5 Å². The number of aromatic nitrogens is 4. The van der Waals surface area contributed by atoms with E-state index in [1.165, 1.54) is 6.33 Å². The average Bonchev–Trinajstić information content (AvgIpc) is 3.12. The number of nitrogens with zero attached hydrogens (tertiary/aromatic N) is 6. The maximum Gasteiger partial charge on any atom is 0.227 e. The summed E-state index contributed by atoms with van der Waals surface area (Å²) in [5.41, 5.74) is 1.68. The summed E-state index contributed by atoms with van der Waals surface area (Å²) in [6, 6.07) is 3.97. The second kappa shape index (κ2) is 5.26. The Morgan fingerprint density at radius 1 is 1.13 bits per heavy atom. The smallest absolute Gasteiger partial charge is 0.227 e. The molecule has 2 aliphatic heterocycles. The third kappa shape index (κ3) is 2.52. The lowest BCUT2D eigenvalue weighted by Crippen LogP contribution is -2.31. The molecule has 1 spiro atoms. The van der Waals surface area contributed by atoms with Gasteiger partial charge in [-0.2, -0.15) is 5.10 Å². The fourth-order valence-corrected chi connectivity index (χ4v) is 3.53. The van der Waals surface area contributed by atoms with Crippen molar-refractivity contribution in [3.8, 4) is 0 Å². The molecule has 0 aliphatic carbocycles. The van der Waals surface area contributed by atoms with Crippen molar-refractivity contribution in [2.45, 2.75) is 19.8 Å². The van der Waals surface area contributed by atoms with Gasteiger partial charge in [0.15, 0.2) is 5.82 Å². The minimum absolute atomic E-state index is 0.0144. The van der Waals surface area contributed by atoms with Gasteiger partial charge in [-0.15, -0.1) is 5.10 Å². The first-order chi connectivity index (χ1) is 11.2. The zero-order chi connectivity index (χ0) is 15.9. The van der Waals surface area contributed by atoms with Crippen LogP contribution in [0.3, 0.4) is 0 Å². The molecule has 2 saturated heterocycles. The Kier molecular flexibility index (Phi) is 3.21. The molecule has 7 nitrogen and oxygen atoms in total. The van der Waals surface area contributed by atoms with Gasteiger partial charge in [-0.05, 0) is 25.5 Å². The van der Waals surface area contributed by atoms with E-state index in [0.717, 1.165) is 43.3 Å². The van der Waals surface area contributed by atoms with E-state index in [9.17, 15) is 4.79 Å². The Morgan fingerprint density at radius 2 is 1.96 bits per heavy atom. The van der Waals surface area contributed by atoms with Gasteiger partial charge in [0.2, 0.25) is 5.91 Å². The zero-order valence-corrected chi connectivity index (χ0v) is 13.0. The number of hydrogen-bond acceptors (Lipinski definition) is 6. The number of carbonyl (C=O) groups is 1. The summed E-state index contributed by atoms with van der Waals surface area (Å²) in [6.07, 6.45) is 6.42. The highest BCUT2D eigenvalue weighted by Gasteiger charge is 2.48. The van der Waals surface area contributed by atoms with E-state index >= 15 is 0 Å². The highest BCUT2D eigenvalue weighted by Crippen LogP contribution is 2.42. The molecule has 2 aromatic rings. The predicted octanol–water partition coefficient (Wildman–Crippen LogP) is 1.21. The highest BCUT2D eigenvalue weighted by molar-refractivity contribution is 5.96. The molecule has 118 valence electrons. The van der Waals surface area contributed by atoms with Crippen LogP contribution < -0.4 is 9.80 Å². The molecule has 0 unspecified atom stereocenters. The summed E-state index contributed by atoms with van der Waals surface area (Å²) >= 11 is 0. The first-order valence-electron chi connectivity index (χ1n) is 7.76. The van der Waals surface area contributed by atoms with Crippen LogP contribution in [0.2, 0.25) is 0 Å². The molecule has 0 saturated carbocycles.